The largest absolute Gasteiger partial charge is 0.394 e. The van der Waals surface area contributed by atoms with Gasteiger partial charge in [-0.3, -0.25) is 4.79 Å². The second-order valence-electron chi connectivity index (χ2n) is 19.4. The molecule has 0 heterocycles. The van der Waals surface area contributed by atoms with Gasteiger partial charge in [0.05, 0.1) is 18.8 Å². The number of carbonyl (C=O) groups is 1. The van der Waals surface area contributed by atoms with E-state index in [1.54, 1.807) is 6.08 Å². The minimum Gasteiger partial charge on any atom is -0.394 e. The molecule has 0 radical (unpaired) electrons. The van der Waals surface area contributed by atoms with Crippen LogP contribution in [0.25, 0.3) is 0 Å². The van der Waals surface area contributed by atoms with E-state index in [4.69, 9.17) is 0 Å². The highest BCUT2D eigenvalue weighted by Crippen LogP contribution is 2.17. The van der Waals surface area contributed by atoms with Crippen LogP contribution in [0.1, 0.15) is 316 Å². The van der Waals surface area contributed by atoms with E-state index >= 15 is 0 Å². The molecule has 2 unspecified atom stereocenters. The van der Waals surface area contributed by atoms with Gasteiger partial charge in [-0.25, -0.2) is 0 Å². The SMILES string of the molecule is CCCCCCCCCCCCCC/C=C\CCCCCCCCCCCCCCCCCCCC(=O)NC(CO)C(O)/C=C/CCCCCCCCCCCCCCCC. The average Bonchev–Trinajstić information content (AvgIpc) is 3.26. The number of unbranched alkanes of at least 4 members (excludes halogenated alkanes) is 43. The van der Waals surface area contributed by atoms with Crippen molar-refractivity contribution in [2.75, 3.05) is 6.61 Å². The highest BCUT2D eigenvalue weighted by Gasteiger charge is 2.18. The van der Waals surface area contributed by atoms with Crippen molar-refractivity contribution >= 4 is 5.91 Å². The molecular formula is C57H111NO3. The molecule has 0 aliphatic carbocycles. The Bertz CT molecular complexity index is 886. The first kappa shape index (κ1) is 59.9. The molecule has 0 saturated carbocycles. The summed E-state index contributed by atoms with van der Waals surface area (Å²) < 4.78 is 0. The van der Waals surface area contributed by atoms with E-state index in [-0.39, 0.29) is 12.5 Å². The predicted octanol–water partition coefficient (Wildman–Crippen LogP) is 18.3. The van der Waals surface area contributed by atoms with E-state index in [2.05, 4.69) is 31.3 Å². The fourth-order valence-electron chi connectivity index (χ4n) is 8.88. The Hall–Kier alpha value is -1.13. The van der Waals surface area contributed by atoms with Gasteiger partial charge in [0, 0.05) is 6.42 Å². The van der Waals surface area contributed by atoms with Gasteiger partial charge in [-0.05, 0) is 44.9 Å². The van der Waals surface area contributed by atoms with Gasteiger partial charge in [-0.2, -0.15) is 0 Å². The molecule has 0 aliphatic rings. The molecule has 1 amide bonds. The first-order valence-corrected chi connectivity index (χ1v) is 28.1. The van der Waals surface area contributed by atoms with Crippen LogP contribution in [0.2, 0.25) is 0 Å². The third-order valence-electron chi connectivity index (χ3n) is 13.2. The first-order valence-electron chi connectivity index (χ1n) is 28.1. The summed E-state index contributed by atoms with van der Waals surface area (Å²) in [7, 11) is 0. The Kier molecular flexibility index (Phi) is 52.2. The summed E-state index contributed by atoms with van der Waals surface area (Å²) in [5.41, 5.74) is 0. The predicted molar refractivity (Wildman–Crippen MR) is 272 cm³/mol. The second kappa shape index (κ2) is 53.2. The van der Waals surface area contributed by atoms with Crippen molar-refractivity contribution in [3.63, 3.8) is 0 Å². The highest BCUT2D eigenvalue weighted by atomic mass is 16.3. The Morgan fingerprint density at radius 3 is 0.902 bits per heavy atom. The third kappa shape index (κ3) is 49.7. The molecule has 0 spiro atoms. The minimum absolute atomic E-state index is 0.0585. The normalized spacial score (nSPS) is 12.9. The van der Waals surface area contributed by atoms with Crippen LogP contribution >= 0.6 is 0 Å². The molecule has 0 aromatic rings. The lowest BCUT2D eigenvalue weighted by Gasteiger charge is -2.20. The van der Waals surface area contributed by atoms with Crippen LogP contribution in [0.15, 0.2) is 24.3 Å². The molecule has 0 aromatic carbocycles. The Balaban J connectivity index is 3.42. The smallest absolute Gasteiger partial charge is 0.220 e. The maximum absolute atomic E-state index is 12.5. The number of nitrogens with one attached hydrogen (secondary N) is 1. The molecule has 0 aliphatic heterocycles. The van der Waals surface area contributed by atoms with Crippen molar-refractivity contribution in [1.82, 2.24) is 5.32 Å². The molecule has 362 valence electrons. The van der Waals surface area contributed by atoms with Gasteiger partial charge < -0.3 is 15.5 Å². The lowest BCUT2D eigenvalue weighted by atomic mass is 10.0. The van der Waals surface area contributed by atoms with E-state index in [0.29, 0.717) is 6.42 Å². The number of amides is 1. The third-order valence-corrected chi connectivity index (χ3v) is 13.2. The molecule has 3 N–H and O–H groups in total. The van der Waals surface area contributed by atoms with Gasteiger partial charge in [0.15, 0.2) is 0 Å². The van der Waals surface area contributed by atoms with Gasteiger partial charge in [0.1, 0.15) is 0 Å². The second-order valence-corrected chi connectivity index (χ2v) is 19.4. The standard InChI is InChI=1S/C57H111NO3/c1-3-5-7-9-11-13-15-17-19-21-22-23-24-25-26-27-28-29-30-31-32-33-34-35-36-37-39-41-43-45-47-49-51-53-57(61)58-55(54-59)56(60)52-50-48-46-44-42-40-38-20-18-16-14-12-10-8-6-4-2/h25-26,50,52,55-56,59-60H,3-24,27-49,51,53-54H2,1-2H3,(H,58,61)/b26-25-,52-50+. The van der Waals surface area contributed by atoms with Gasteiger partial charge in [-0.15, -0.1) is 0 Å². The van der Waals surface area contributed by atoms with Gasteiger partial charge in [-0.1, -0.05) is 289 Å². The minimum atomic E-state index is -0.836. The fraction of sp³-hybridized carbons (Fsp3) is 0.912. The van der Waals surface area contributed by atoms with Crippen LogP contribution in [-0.2, 0) is 4.79 Å². The van der Waals surface area contributed by atoms with Crippen molar-refractivity contribution in [3.8, 4) is 0 Å². The fourth-order valence-corrected chi connectivity index (χ4v) is 8.88. The average molecular weight is 859 g/mol. The number of rotatable bonds is 52. The summed E-state index contributed by atoms with van der Waals surface area (Å²) in [5, 5.41) is 23.1. The van der Waals surface area contributed by atoms with E-state index in [0.717, 1.165) is 25.7 Å². The molecule has 0 fully saturated rings. The summed E-state index contributed by atoms with van der Waals surface area (Å²) in [6.07, 6.45) is 70.6. The number of hydrogen-bond acceptors (Lipinski definition) is 3. The summed E-state index contributed by atoms with van der Waals surface area (Å²) in [5.74, 6) is -0.0585. The molecule has 0 rings (SSSR count). The van der Waals surface area contributed by atoms with E-state index in [1.165, 1.54) is 270 Å². The first-order chi connectivity index (χ1) is 30.2. The number of allylic oxidation sites excluding steroid dienone is 3. The van der Waals surface area contributed by atoms with E-state index in [9.17, 15) is 15.0 Å². The zero-order valence-electron chi connectivity index (χ0n) is 41.7. The topological polar surface area (TPSA) is 69.6 Å². The summed E-state index contributed by atoms with van der Waals surface area (Å²) in [4.78, 5) is 12.5. The zero-order valence-corrected chi connectivity index (χ0v) is 41.7. The Morgan fingerprint density at radius 2 is 0.623 bits per heavy atom. The molecule has 0 bridgehead atoms. The number of aliphatic hydroxyl groups excluding tert-OH is 2. The lowest BCUT2D eigenvalue weighted by molar-refractivity contribution is -0.123. The lowest BCUT2D eigenvalue weighted by Crippen LogP contribution is -2.45. The van der Waals surface area contributed by atoms with E-state index in [1.807, 2.05) is 6.08 Å². The van der Waals surface area contributed by atoms with Crippen LogP contribution in [0.4, 0.5) is 0 Å². The molecule has 0 aromatic heterocycles. The number of hydrogen-bond donors (Lipinski definition) is 3. The number of carbonyl (C=O) groups excluding carboxylic acids is 1. The van der Waals surface area contributed by atoms with E-state index < -0.39 is 12.1 Å². The van der Waals surface area contributed by atoms with Crippen LogP contribution in [-0.4, -0.2) is 34.9 Å². The number of aliphatic hydroxyl groups is 2. The van der Waals surface area contributed by atoms with Crippen LogP contribution in [0.5, 0.6) is 0 Å². The zero-order chi connectivity index (χ0) is 44.2. The van der Waals surface area contributed by atoms with Crippen molar-refractivity contribution in [2.24, 2.45) is 0 Å². The summed E-state index contributed by atoms with van der Waals surface area (Å²) in [6.45, 7) is 4.34. The van der Waals surface area contributed by atoms with Crippen molar-refractivity contribution in [3.05, 3.63) is 24.3 Å². The molecule has 4 nitrogen and oxygen atoms in total. The van der Waals surface area contributed by atoms with Crippen LogP contribution in [0, 0.1) is 0 Å². The Morgan fingerprint density at radius 1 is 0.377 bits per heavy atom. The van der Waals surface area contributed by atoms with Gasteiger partial charge in [0.2, 0.25) is 5.91 Å². The maximum atomic E-state index is 12.5. The van der Waals surface area contributed by atoms with Crippen molar-refractivity contribution in [1.29, 1.82) is 0 Å². The van der Waals surface area contributed by atoms with Crippen molar-refractivity contribution < 1.29 is 15.0 Å². The Labute approximate surface area is 383 Å². The van der Waals surface area contributed by atoms with Crippen LogP contribution < -0.4 is 5.32 Å². The highest BCUT2D eigenvalue weighted by molar-refractivity contribution is 5.76. The molecule has 4 heteroatoms. The van der Waals surface area contributed by atoms with Gasteiger partial charge >= 0.3 is 0 Å². The van der Waals surface area contributed by atoms with Gasteiger partial charge in [0.25, 0.3) is 0 Å². The summed E-state index contributed by atoms with van der Waals surface area (Å²) >= 11 is 0. The monoisotopic (exact) mass is 858 g/mol. The van der Waals surface area contributed by atoms with Crippen LogP contribution in [0.3, 0.4) is 0 Å². The maximum Gasteiger partial charge on any atom is 0.220 e. The summed E-state index contributed by atoms with van der Waals surface area (Å²) in [6, 6.07) is -0.619. The quantitative estimate of drug-likeness (QED) is 0.0422. The van der Waals surface area contributed by atoms with Crippen molar-refractivity contribution in [2.45, 2.75) is 328 Å². The molecule has 0 saturated heterocycles. The molecule has 2 atom stereocenters. The molecule has 61 heavy (non-hydrogen) atoms. The molecular weight excluding hydrogens is 747 g/mol.